The number of rotatable bonds is 2. The monoisotopic (exact) mass is 278 g/mol. The predicted octanol–water partition coefficient (Wildman–Crippen LogP) is 1.57. The highest BCUT2D eigenvalue weighted by molar-refractivity contribution is 6.09. The van der Waals surface area contributed by atoms with Crippen molar-refractivity contribution in [1.29, 1.82) is 0 Å². The molecule has 0 spiro atoms. The second-order valence-corrected chi connectivity index (χ2v) is 5.15. The average Bonchev–Trinajstić information content (AvgIpc) is 2.79. The van der Waals surface area contributed by atoms with E-state index in [-0.39, 0.29) is 18.1 Å². The lowest BCUT2D eigenvalue weighted by molar-refractivity contribution is -0.171. The molecule has 0 N–H and O–H groups in total. The van der Waals surface area contributed by atoms with Crippen molar-refractivity contribution in [3.05, 3.63) is 23.3 Å². The Labute approximate surface area is 117 Å². The molecular weight excluding hydrogens is 260 g/mol. The zero-order valence-electron chi connectivity index (χ0n) is 11.9. The van der Waals surface area contributed by atoms with Crippen LogP contribution in [0.5, 0.6) is 0 Å². The lowest BCUT2D eigenvalue weighted by Gasteiger charge is -2.36. The minimum atomic E-state index is -1.30. The van der Waals surface area contributed by atoms with Crippen molar-refractivity contribution in [1.82, 2.24) is 0 Å². The third-order valence-electron chi connectivity index (χ3n) is 4.28. The second-order valence-electron chi connectivity index (χ2n) is 5.15. The van der Waals surface area contributed by atoms with Gasteiger partial charge in [0.15, 0.2) is 11.2 Å². The maximum Gasteiger partial charge on any atom is 0.323 e. The van der Waals surface area contributed by atoms with Crippen molar-refractivity contribution in [3.63, 3.8) is 0 Å². The van der Waals surface area contributed by atoms with Gasteiger partial charge in [-0.15, -0.1) is 0 Å². The number of esters is 2. The maximum atomic E-state index is 12.1. The summed E-state index contributed by atoms with van der Waals surface area (Å²) in [5, 5.41) is 0. The van der Waals surface area contributed by atoms with Gasteiger partial charge in [-0.2, -0.15) is 0 Å². The zero-order valence-corrected chi connectivity index (χ0v) is 11.9. The number of ketones is 1. The van der Waals surface area contributed by atoms with Crippen LogP contribution in [0.25, 0.3) is 0 Å². The SMILES string of the molecule is C/C=C1/C(=O)C=C2CCC(C(=O)OC)(C(=O)OC)CC21. The molecular formula is C15H18O5. The second kappa shape index (κ2) is 5.23. The van der Waals surface area contributed by atoms with Gasteiger partial charge < -0.3 is 9.47 Å². The Balaban J connectivity index is 2.40. The van der Waals surface area contributed by atoms with E-state index in [9.17, 15) is 14.4 Å². The van der Waals surface area contributed by atoms with E-state index in [0.717, 1.165) is 5.57 Å². The molecule has 1 unspecified atom stereocenters. The largest absolute Gasteiger partial charge is 0.468 e. The minimum Gasteiger partial charge on any atom is -0.468 e. The Hall–Kier alpha value is -1.91. The van der Waals surface area contributed by atoms with Crippen LogP contribution < -0.4 is 0 Å². The van der Waals surface area contributed by atoms with Crippen molar-refractivity contribution in [3.8, 4) is 0 Å². The first-order valence-corrected chi connectivity index (χ1v) is 6.58. The van der Waals surface area contributed by atoms with Gasteiger partial charge in [0.1, 0.15) is 0 Å². The number of carbonyl (C=O) groups excluding carboxylic acids is 3. The van der Waals surface area contributed by atoms with Crippen LogP contribution >= 0.6 is 0 Å². The van der Waals surface area contributed by atoms with E-state index in [0.29, 0.717) is 18.4 Å². The molecule has 0 aromatic carbocycles. The molecule has 5 nitrogen and oxygen atoms in total. The summed E-state index contributed by atoms with van der Waals surface area (Å²) in [4.78, 5) is 36.1. The van der Waals surface area contributed by atoms with Crippen LogP contribution in [0.1, 0.15) is 26.2 Å². The molecule has 2 aliphatic carbocycles. The zero-order chi connectivity index (χ0) is 14.9. The van der Waals surface area contributed by atoms with Gasteiger partial charge in [0.25, 0.3) is 0 Å². The van der Waals surface area contributed by atoms with Gasteiger partial charge in [0.2, 0.25) is 0 Å². The minimum absolute atomic E-state index is 0.0296. The lowest BCUT2D eigenvalue weighted by atomic mass is 9.67. The van der Waals surface area contributed by atoms with Gasteiger partial charge in [-0.05, 0) is 32.3 Å². The van der Waals surface area contributed by atoms with Crippen molar-refractivity contribution >= 4 is 17.7 Å². The highest BCUT2D eigenvalue weighted by Gasteiger charge is 2.54. The van der Waals surface area contributed by atoms with E-state index in [2.05, 4.69) is 0 Å². The van der Waals surface area contributed by atoms with Crippen molar-refractivity contribution < 1.29 is 23.9 Å². The molecule has 0 aliphatic heterocycles. The number of methoxy groups -OCH3 is 2. The molecule has 20 heavy (non-hydrogen) atoms. The number of ether oxygens (including phenoxy) is 2. The molecule has 1 fully saturated rings. The molecule has 0 saturated heterocycles. The van der Waals surface area contributed by atoms with Crippen LogP contribution in [0.2, 0.25) is 0 Å². The maximum absolute atomic E-state index is 12.1. The molecule has 0 aromatic heterocycles. The smallest absolute Gasteiger partial charge is 0.323 e. The fourth-order valence-electron chi connectivity index (χ4n) is 3.21. The van der Waals surface area contributed by atoms with Gasteiger partial charge in [-0.25, -0.2) is 0 Å². The Morgan fingerprint density at radius 1 is 1.30 bits per heavy atom. The van der Waals surface area contributed by atoms with Crippen LogP contribution in [0.4, 0.5) is 0 Å². The summed E-state index contributed by atoms with van der Waals surface area (Å²) in [6, 6.07) is 0. The number of carbonyl (C=O) groups is 3. The Morgan fingerprint density at radius 3 is 2.40 bits per heavy atom. The van der Waals surface area contributed by atoms with Gasteiger partial charge in [-0.3, -0.25) is 14.4 Å². The molecule has 1 atom stereocenters. The number of hydrogen-bond acceptors (Lipinski definition) is 5. The molecule has 108 valence electrons. The van der Waals surface area contributed by atoms with Crippen molar-refractivity contribution in [2.24, 2.45) is 11.3 Å². The van der Waals surface area contributed by atoms with Gasteiger partial charge in [0, 0.05) is 11.5 Å². The van der Waals surface area contributed by atoms with Gasteiger partial charge >= 0.3 is 11.9 Å². The first-order valence-electron chi connectivity index (χ1n) is 6.58. The first kappa shape index (κ1) is 14.5. The summed E-state index contributed by atoms with van der Waals surface area (Å²) in [6.45, 7) is 1.79. The van der Waals surface area contributed by atoms with Crippen molar-refractivity contribution in [2.45, 2.75) is 26.2 Å². The summed E-state index contributed by atoms with van der Waals surface area (Å²) in [7, 11) is 2.52. The highest BCUT2D eigenvalue weighted by Crippen LogP contribution is 2.49. The van der Waals surface area contributed by atoms with Crippen LogP contribution in [0.15, 0.2) is 23.3 Å². The molecule has 0 bridgehead atoms. The fourth-order valence-corrected chi connectivity index (χ4v) is 3.21. The molecule has 0 heterocycles. The molecule has 5 heteroatoms. The molecule has 2 aliphatic rings. The fraction of sp³-hybridized carbons (Fsp3) is 0.533. The van der Waals surface area contributed by atoms with E-state index in [1.54, 1.807) is 19.1 Å². The van der Waals surface area contributed by atoms with Crippen molar-refractivity contribution in [2.75, 3.05) is 14.2 Å². The molecule has 0 aromatic rings. The third kappa shape index (κ3) is 1.97. The standard InChI is InChI=1S/C15H18O5/c1-4-10-11-8-15(13(17)19-2,14(18)20-3)6-5-9(11)7-12(10)16/h4,7,11H,5-6,8H2,1-3H3/b10-4+. The van der Waals surface area contributed by atoms with Gasteiger partial charge in [-0.1, -0.05) is 11.6 Å². The Bertz CT molecular complexity index is 510. The van der Waals surface area contributed by atoms with E-state index in [1.807, 2.05) is 0 Å². The lowest BCUT2D eigenvalue weighted by Crippen LogP contribution is -2.45. The normalized spacial score (nSPS) is 25.9. The van der Waals surface area contributed by atoms with E-state index >= 15 is 0 Å². The summed E-state index contributed by atoms with van der Waals surface area (Å²) >= 11 is 0. The summed E-state index contributed by atoms with van der Waals surface area (Å²) in [5.74, 6) is -1.38. The van der Waals surface area contributed by atoms with Crippen LogP contribution in [0, 0.1) is 11.3 Å². The molecule has 0 radical (unpaired) electrons. The van der Waals surface area contributed by atoms with Gasteiger partial charge in [0.05, 0.1) is 14.2 Å². The summed E-state index contributed by atoms with van der Waals surface area (Å²) in [5.41, 5.74) is 0.341. The molecule has 2 rings (SSSR count). The quantitative estimate of drug-likeness (QED) is 0.435. The van der Waals surface area contributed by atoms with Crippen LogP contribution in [-0.2, 0) is 23.9 Å². The van der Waals surface area contributed by atoms with Crippen LogP contribution in [0.3, 0.4) is 0 Å². The number of fused-ring (bicyclic) bond motifs is 1. The first-order chi connectivity index (χ1) is 9.50. The van der Waals surface area contributed by atoms with E-state index in [1.165, 1.54) is 14.2 Å². The summed E-state index contributed by atoms with van der Waals surface area (Å²) in [6.07, 6.45) is 4.46. The summed E-state index contributed by atoms with van der Waals surface area (Å²) < 4.78 is 9.59. The Morgan fingerprint density at radius 2 is 1.90 bits per heavy atom. The Kier molecular flexibility index (Phi) is 3.79. The highest BCUT2D eigenvalue weighted by atomic mass is 16.5. The topological polar surface area (TPSA) is 69.7 Å². The molecule has 0 amide bonds. The van der Waals surface area contributed by atoms with E-state index in [4.69, 9.17) is 9.47 Å². The molecule has 1 saturated carbocycles. The average molecular weight is 278 g/mol. The van der Waals surface area contributed by atoms with Crippen LogP contribution in [-0.4, -0.2) is 31.9 Å². The predicted molar refractivity (Wildman–Crippen MR) is 70.7 cm³/mol. The number of allylic oxidation sites excluding steroid dienone is 4. The number of hydrogen-bond donors (Lipinski definition) is 0. The third-order valence-corrected chi connectivity index (χ3v) is 4.28. The van der Waals surface area contributed by atoms with E-state index < -0.39 is 17.4 Å².